The van der Waals surface area contributed by atoms with E-state index in [2.05, 4.69) is 0 Å². The molecule has 1 heterocycles. The Balaban J connectivity index is 1.80. The van der Waals surface area contributed by atoms with E-state index in [-0.39, 0.29) is 23.8 Å². The van der Waals surface area contributed by atoms with E-state index in [1.54, 1.807) is 23.1 Å². The van der Waals surface area contributed by atoms with Gasteiger partial charge in [-0.2, -0.15) is 0 Å². The number of hydrogen-bond donors (Lipinski definition) is 0. The summed E-state index contributed by atoms with van der Waals surface area (Å²) >= 11 is 11.9. The fraction of sp³-hybridized carbons (Fsp3) is 0.556. The van der Waals surface area contributed by atoms with Crippen molar-refractivity contribution in [3.8, 4) is 5.75 Å². The molecule has 1 aromatic carbocycles. The molecule has 0 bridgehead atoms. The van der Waals surface area contributed by atoms with Crippen molar-refractivity contribution < 1.29 is 14.3 Å². The minimum absolute atomic E-state index is 0.0320. The number of rotatable bonds is 4. The van der Waals surface area contributed by atoms with E-state index >= 15 is 0 Å². The molecule has 0 radical (unpaired) electrons. The van der Waals surface area contributed by atoms with Crippen LogP contribution in [0.3, 0.4) is 0 Å². The van der Waals surface area contributed by atoms with Gasteiger partial charge in [-0.15, -0.1) is 0 Å². The van der Waals surface area contributed by atoms with Crippen LogP contribution in [0.4, 0.5) is 0 Å². The largest absolute Gasteiger partial charge is 0.482 e. The van der Waals surface area contributed by atoms with Crippen molar-refractivity contribution in [1.82, 2.24) is 9.80 Å². The lowest BCUT2D eigenvalue weighted by atomic mass is 9.91. The summed E-state index contributed by atoms with van der Waals surface area (Å²) in [6, 6.07) is 4.87. The average Bonchev–Trinajstić information content (AvgIpc) is 2.52. The Morgan fingerprint density at radius 3 is 2.12 bits per heavy atom. The maximum Gasteiger partial charge on any atom is 0.260 e. The predicted molar refractivity (Wildman–Crippen MR) is 99.2 cm³/mol. The fourth-order valence-corrected chi connectivity index (χ4v) is 3.06. The number of piperazine rings is 1. The lowest BCUT2D eigenvalue weighted by Gasteiger charge is -2.36. The second-order valence-electron chi connectivity index (χ2n) is 7.36. The molecular weight excluding hydrogens is 363 g/mol. The molecule has 138 valence electrons. The van der Waals surface area contributed by atoms with Gasteiger partial charge in [-0.3, -0.25) is 9.59 Å². The third-order valence-corrected chi connectivity index (χ3v) is 4.44. The summed E-state index contributed by atoms with van der Waals surface area (Å²) < 4.78 is 5.48. The second-order valence-corrected chi connectivity index (χ2v) is 8.21. The van der Waals surface area contributed by atoms with Gasteiger partial charge in [-0.25, -0.2) is 0 Å². The molecule has 1 aliphatic heterocycles. The number of ether oxygens (including phenoxy) is 1. The number of benzene rings is 1. The molecule has 25 heavy (non-hydrogen) atoms. The van der Waals surface area contributed by atoms with Gasteiger partial charge in [0, 0.05) is 37.6 Å². The minimum atomic E-state index is -0.117. The molecule has 2 amide bonds. The molecule has 1 saturated heterocycles. The van der Waals surface area contributed by atoms with Gasteiger partial charge < -0.3 is 14.5 Å². The lowest BCUT2D eigenvalue weighted by Crippen LogP contribution is -2.52. The molecule has 1 aromatic rings. The topological polar surface area (TPSA) is 49.9 Å². The predicted octanol–water partition coefficient (Wildman–Crippen LogP) is 3.48. The molecule has 1 fully saturated rings. The van der Waals surface area contributed by atoms with Crippen LogP contribution in [0.25, 0.3) is 0 Å². The maximum absolute atomic E-state index is 12.3. The van der Waals surface area contributed by atoms with Gasteiger partial charge in [0.15, 0.2) is 6.61 Å². The highest BCUT2D eigenvalue weighted by molar-refractivity contribution is 6.35. The molecule has 7 heteroatoms. The molecule has 0 saturated carbocycles. The van der Waals surface area contributed by atoms with E-state index < -0.39 is 0 Å². The van der Waals surface area contributed by atoms with Crippen LogP contribution in [-0.2, 0) is 9.59 Å². The van der Waals surface area contributed by atoms with E-state index in [9.17, 15) is 9.59 Å². The number of amides is 2. The minimum Gasteiger partial charge on any atom is -0.482 e. The van der Waals surface area contributed by atoms with Crippen LogP contribution in [0, 0.1) is 5.41 Å². The molecule has 2 rings (SSSR count). The molecule has 0 N–H and O–H groups in total. The summed E-state index contributed by atoms with van der Waals surface area (Å²) in [7, 11) is 0. The van der Waals surface area contributed by atoms with Crippen molar-refractivity contribution >= 4 is 35.0 Å². The van der Waals surface area contributed by atoms with Gasteiger partial charge >= 0.3 is 0 Å². The molecule has 5 nitrogen and oxygen atoms in total. The highest BCUT2D eigenvalue weighted by Gasteiger charge is 2.26. The zero-order chi connectivity index (χ0) is 18.6. The quantitative estimate of drug-likeness (QED) is 0.795. The normalized spacial score (nSPS) is 15.2. The summed E-state index contributed by atoms with van der Waals surface area (Å²) in [4.78, 5) is 28.1. The molecule has 0 atom stereocenters. The summed E-state index contributed by atoms with van der Waals surface area (Å²) in [5.41, 5.74) is -0.0320. The highest BCUT2D eigenvalue weighted by Crippen LogP contribution is 2.27. The van der Waals surface area contributed by atoms with Crippen LogP contribution in [-0.4, -0.2) is 54.4 Å². The first-order valence-electron chi connectivity index (χ1n) is 8.29. The molecule has 0 unspecified atom stereocenters. The monoisotopic (exact) mass is 386 g/mol. The first-order chi connectivity index (χ1) is 11.7. The Bertz CT molecular complexity index is 636. The number of carbonyl (C=O) groups excluding carboxylic acids is 2. The van der Waals surface area contributed by atoms with Crippen LogP contribution in [0.5, 0.6) is 5.75 Å². The van der Waals surface area contributed by atoms with Crippen molar-refractivity contribution in [3.63, 3.8) is 0 Å². The fourth-order valence-electron chi connectivity index (χ4n) is 2.59. The first kappa shape index (κ1) is 19.9. The molecule has 0 spiro atoms. The third kappa shape index (κ3) is 6.08. The number of carbonyl (C=O) groups is 2. The first-order valence-corrected chi connectivity index (χ1v) is 9.05. The number of halogens is 2. The van der Waals surface area contributed by atoms with Gasteiger partial charge in [-0.1, -0.05) is 44.0 Å². The summed E-state index contributed by atoms with van der Waals surface area (Å²) in [6.45, 7) is 8.21. The Morgan fingerprint density at radius 1 is 1.04 bits per heavy atom. The van der Waals surface area contributed by atoms with Gasteiger partial charge in [0.1, 0.15) is 5.75 Å². The zero-order valence-corrected chi connectivity index (χ0v) is 16.4. The lowest BCUT2D eigenvalue weighted by molar-refractivity contribution is -0.141. The van der Waals surface area contributed by atoms with Crippen LogP contribution in [0.1, 0.15) is 27.2 Å². The van der Waals surface area contributed by atoms with Gasteiger partial charge in [-0.05, 0) is 23.6 Å². The van der Waals surface area contributed by atoms with Crippen molar-refractivity contribution in [2.75, 3.05) is 32.8 Å². The van der Waals surface area contributed by atoms with E-state index in [0.29, 0.717) is 48.4 Å². The summed E-state index contributed by atoms with van der Waals surface area (Å²) in [5, 5.41) is 0.887. The van der Waals surface area contributed by atoms with Crippen LogP contribution in [0.15, 0.2) is 18.2 Å². The van der Waals surface area contributed by atoms with Gasteiger partial charge in [0.05, 0.1) is 5.02 Å². The standard InChI is InChI=1S/C18H24Cl2N2O3/c1-18(2,3)11-16(23)21-6-8-22(9-7-21)17(24)12-25-15-5-4-13(19)10-14(15)20/h4-5,10H,6-9,11-12H2,1-3H3. The summed E-state index contributed by atoms with van der Waals surface area (Å²) in [6.07, 6.45) is 0.513. The van der Waals surface area contributed by atoms with Crippen LogP contribution in [0.2, 0.25) is 10.0 Å². The van der Waals surface area contributed by atoms with Crippen molar-refractivity contribution in [2.45, 2.75) is 27.2 Å². The smallest absolute Gasteiger partial charge is 0.260 e. The Morgan fingerprint density at radius 2 is 1.60 bits per heavy atom. The van der Waals surface area contributed by atoms with Crippen molar-refractivity contribution in [3.05, 3.63) is 28.2 Å². The maximum atomic E-state index is 12.3. The summed E-state index contributed by atoms with van der Waals surface area (Å²) in [5.74, 6) is 0.455. The molecule has 1 aliphatic rings. The van der Waals surface area contributed by atoms with Crippen molar-refractivity contribution in [1.29, 1.82) is 0 Å². The van der Waals surface area contributed by atoms with Crippen molar-refractivity contribution in [2.24, 2.45) is 5.41 Å². The van der Waals surface area contributed by atoms with E-state index in [1.165, 1.54) is 0 Å². The van der Waals surface area contributed by atoms with Crippen LogP contribution >= 0.6 is 23.2 Å². The highest BCUT2D eigenvalue weighted by atomic mass is 35.5. The van der Waals surface area contributed by atoms with E-state index in [0.717, 1.165) is 0 Å². The molecule has 0 aromatic heterocycles. The second kappa shape index (κ2) is 8.28. The Kier molecular flexibility index (Phi) is 6.58. The van der Waals surface area contributed by atoms with Crippen LogP contribution < -0.4 is 4.74 Å². The van der Waals surface area contributed by atoms with Gasteiger partial charge in [0.2, 0.25) is 5.91 Å². The zero-order valence-electron chi connectivity index (χ0n) is 14.8. The number of nitrogens with zero attached hydrogens (tertiary/aromatic N) is 2. The number of hydrogen-bond acceptors (Lipinski definition) is 3. The average molecular weight is 387 g/mol. The Labute approximate surface area is 158 Å². The van der Waals surface area contributed by atoms with E-state index in [4.69, 9.17) is 27.9 Å². The Hall–Kier alpha value is -1.46. The van der Waals surface area contributed by atoms with E-state index in [1.807, 2.05) is 25.7 Å². The van der Waals surface area contributed by atoms with Gasteiger partial charge in [0.25, 0.3) is 5.91 Å². The third-order valence-electron chi connectivity index (χ3n) is 3.91. The molecular formula is C18H24Cl2N2O3. The SMILES string of the molecule is CC(C)(C)CC(=O)N1CCN(C(=O)COc2ccc(Cl)cc2Cl)CC1. The molecule has 0 aliphatic carbocycles.